The Labute approximate surface area is 113 Å². The van der Waals surface area contributed by atoms with E-state index in [1.807, 2.05) is 18.3 Å². The van der Waals surface area contributed by atoms with Gasteiger partial charge in [0.25, 0.3) is 0 Å². The third kappa shape index (κ3) is 2.54. The zero-order chi connectivity index (χ0) is 13.1. The molecule has 0 bridgehead atoms. The van der Waals surface area contributed by atoms with Gasteiger partial charge < -0.3 is 10.6 Å². The topological polar surface area (TPSA) is 55.0 Å². The first-order valence-corrected chi connectivity index (χ1v) is 7.04. The second-order valence-electron chi connectivity index (χ2n) is 5.25. The predicted molar refractivity (Wildman–Crippen MR) is 78.1 cm³/mol. The van der Waals surface area contributed by atoms with Crippen molar-refractivity contribution in [2.75, 3.05) is 24.5 Å². The van der Waals surface area contributed by atoms with E-state index in [0.717, 1.165) is 37.5 Å². The highest BCUT2D eigenvalue weighted by Crippen LogP contribution is 2.29. The summed E-state index contributed by atoms with van der Waals surface area (Å²) in [5.74, 6) is 0.794. The maximum Gasteiger partial charge on any atom is 0.0950 e. The second kappa shape index (κ2) is 5.53. The molecular formula is C15H20N4. The van der Waals surface area contributed by atoms with Crippen LogP contribution in [0.25, 0.3) is 10.9 Å². The molecule has 4 heteroatoms. The van der Waals surface area contributed by atoms with Gasteiger partial charge in [0.05, 0.1) is 17.4 Å². The van der Waals surface area contributed by atoms with Crippen LogP contribution in [0.1, 0.15) is 19.3 Å². The Bertz CT molecular complexity index is 541. The summed E-state index contributed by atoms with van der Waals surface area (Å²) in [7, 11) is 0. The van der Waals surface area contributed by atoms with Crippen molar-refractivity contribution >= 4 is 16.6 Å². The number of benzene rings is 1. The first-order valence-electron chi connectivity index (χ1n) is 7.04. The standard InChI is InChI=1S/C15H20N4/c16-8-5-12-6-9-19(10-7-12)15-11-17-18-14-4-2-1-3-13(14)15/h1-4,11-12H,5-10,16H2. The highest BCUT2D eigenvalue weighted by atomic mass is 15.2. The van der Waals surface area contributed by atoms with Crippen LogP contribution in [0.5, 0.6) is 0 Å². The van der Waals surface area contributed by atoms with Crippen molar-refractivity contribution in [2.45, 2.75) is 19.3 Å². The molecule has 0 aliphatic carbocycles. The predicted octanol–water partition coefficient (Wildman–Crippen LogP) is 2.20. The molecule has 2 N–H and O–H groups in total. The molecule has 2 heterocycles. The van der Waals surface area contributed by atoms with Gasteiger partial charge in [0, 0.05) is 18.5 Å². The summed E-state index contributed by atoms with van der Waals surface area (Å²) in [6, 6.07) is 8.22. The molecular weight excluding hydrogens is 236 g/mol. The van der Waals surface area contributed by atoms with Crippen LogP contribution in [0.15, 0.2) is 30.5 Å². The molecule has 1 fully saturated rings. The highest BCUT2D eigenvalue weighted by molar-refractivity contribution is 5.90. The molecule has 0 atom stereocenters. The molecule has 0 amide bonds. The van der Waals surface area contributed by atoms with E-state index in [1.165, 1.54) is 23.9 Å². The SMILES string of the molecule is NCCC1CCN(c2cnnc3ccccc23)CC1. The summed E-state index contributed by atoms with van der Waals surface area (Å²) in [5, 5.41) is 9.52. The lowest BCUT2D eigenvalue weighted by atomic mass is 9.93. The van der Waals surface area contributed by atoms with E-state index >= 15 is 0 Å². The molecule has 1 aromatic heterocycles. The van der Waals surface area contributed by atoms with Gasteiger partial charge in [0.15, 0.2) is 0 Å². The van der Waals surface area contributed by atoms with Crippen molar-refractivity contribution in [2.24, 2.45) is 11.7 Å². The molecule has 19 heavy (non-hydrogen) atoms. The lowest BCUT2D eigenvalue weighted by molar-refractivity contribution is 0.386. The van der Waals surface area contributed by atoms with Gasteiger partial charge in [-0.25, -0.2) is 0 Å². The van der Waals surface area contributed by atoms with Gasteiger partial charge in [0.2, 0.25) is 0 Å². The van der Waals surface area contributed by atoms with E-state index in [2.05, 4.69) is 27.2 Å². The fraction of sp³-hybridized carbons (Fsp3) is 0.467. The molecule has 0 unspecified atom stereocenters. The average molecular weight is 256 g/mol. The van der Waals surface area contributed by atoms with E-state index in [9.17, 15) is 0 Å². The fourth-order valence-electron chi connectivity index (χ4n) is 2.94. The van der Waals surface area contributed by atoms with Crippen molar-refractivity contribution in [3.63, 3.8) is 0 Å². The molecule has 1 saturated heterocycles. The largest absolute Gasteiger partial charge is 0.370 e. The summed E-state index contributed by atoms with van der Waals surface area (Å²) in [6.45, 7) is 3.01. The van der Waals surface area contributed by atoms with E-state index in [4.69, 9.17) is 5.73 Å². The Kier molecular flexibility index (Phi) is 3.60. The van der Waals surface area contributed by atoms with Gasteiger partial charge >= 0.3 is 0 Å². The van der Waals surface area contributed by atoms with E-state index in [0.29, 0.717) is 0 Å². The van der Waals surface area contributed by atoms with Crippen LogP contribution in [0.2, 0.25) is 0 Å². The molecule has 2 aromatic rings. The number of nitrogens with zero attached hydrogens (tertiary/aromatic N) is 3. The number of aromatic nitrogens is 2. The minimum atomic E-state index is 0.794. The van der Waals surface area contributed by atoms with Crippen LogP contribution < -0.4 is 10.6 Å². The molecule has 3 rings (SSSR count). The summed E-state index contributed by atoms with van der Waals surface area (Å²) >= 11 is 0. The third-order valence-corrected chi connectivity index (χ3v) is 4.06. The summed E-state index contributed by atoms with van der Waals surface area (Å²) in [5.41, 5.74) is 7.84. The quantitative estimate of drug-likeness (QED) is 0.914. The average Bonchev–Trinajstić information content (AvgIpc) is 2.48. The van der Waals surface area contributed by atoms with Gasteiger partial charge in [0.1, 0.15) is 0 Å². The number of fused-ring (bicyclic) bond motifs is 1. The van der Waals surface area contributed by atoms with Crippen LogP contribution in [0, 0.1) is 5.92 Å². The lowest BCUT2D eigenvalue weighted by Gasteiger charge is -2.33. The van der Waals surface area contributed by atoms with Crippen LogP contribution >= 0.6 is 0 Å². The van der Waals surface area contributed by atoms with E-state index in [1.54, 1.807) is 0 Å². The first-order chi connectivity index (χ1) is 9.38. The maximum absolute atomic E-state index is 5.65. The van der Waals surface area contributed by atoms with Crippen molar-refractivity contribution in [3.05, 3.63) is 30.5 Å². The summed E-state index contributed by atoms with van der Waals surface area (Å²) < 4.78 is 0. The zero-order valence-corrected chi connectivity index (χ0v) is 11.1. The molecule has 0 saturated carbocycles. The highest BCUT2D eigenvalue weighted by Gasteiger charge is 2.20. The van der Waals surface area contributed by atoms with Crippen molar-refractivity contribution < 1.29 is 0 Å². The third-order valence-electron chi connectivity index (χ3n) is 4.06. The van der Waals surface area contributed by atoms with Gasteiger partial charge in [-0.05, 0) is 37.8 Å². The van der Waals surface area contributed by atoms with Gasteiger partial charge in [-0.3, -0.25) is 0 Å². The van der Waals surface area contributed by atoms with Crippen molar-refractivity contribution in [1.82, 2.24) is 10.2 Å². The lowest BCUT2D eigenvalue weighted by Crippen LogP contribution is -2.34. The molecule has 1 aromatic carbocycles. The molecule has 1 aliphatic heterocycles. The van der Waals surface area contributed by atoms with Gasteiger partial charge in [-0.15, -0.1) is 0 Å². The minimum absolute atomic E-state index is 0.794. The normalized spacial score (nSPS) is 17.0. The maximum atomic E-state index is 5.65. The van der Waals surface area contributed by atoms with Crippen LogP contribution in [0.4, 0.5) is 5.69 Å². The van der Waals surface area contributed by atoms with Crippen molar-refractivity contribution in [3.8, 4) is 0 Å². The van der Waals surface area contributed by atoms with Crippen molar-refractivity contribution in [1.29, 1.82) is 0 Å². The monoisotopic (exact) mass is 256 g/mol. The Hall–Kier alpha value is -1.68. The van der Waals surface area contributed by atoms with Crippen LogP contribution in [0.3, 0.4) is 0 Å². The van der Waals surface area contributed by atoms with Gasteiger partial charge in [-0.2, -0.15) is 10.2 Å². The molecule has 1 aliphatic rings. The Morgan fingerprint density at radius 3 is 2.79 bits per heavy atom. The van der Waals surface area contributed by atoms with Crippen LogP contribution in [-0.4, -0.2) is 29.8 Å². The fourth-order valence-corrected chi connectivity index (χ4v) is 2.94. The second-order valence-corrected chi connectivity index (χ2v) is 5.25. The Morgan fingerprint density at radius 1 is 1.21 bits per heavy atom. The number of nitrogens with two attached hydrogens (primary N) is 1. The summed E-state index contributed by atoms with van der Waals surface area (Å²) in [4.78, 5) is 2.43. The van der Waals surface area contributed by atoms with Crippen LogP contribution in [-0.2, 0) is 0 Å². The number of hydrogen-bond acceptors (Lipinski definition) is 4. The minimum Gasteiger partial charge on any atom is -0.370 e. The Morgan fingerprint density at radius 2 is 2.00 bits per heavy atom. The number of hydrogen-bond donors (Lipinski definition) is 1. The molecule has 100 valence electrons. The molecule has 0 spiro atoms. The van der Waals surface area contributed by atoms with E-state index in [-0.39, 0.29) is 0 Å². The number of piperidine rings is 1. The van der Waals surface area contributed by atoms with Gasteiger partial charge in [-0.1, -0.05) is 18.2 Å². The zero-order valence-electron chi connectivity index (χ0n) is 11.1. The molecule has 0 radical (unpaired) electrons. The molecule has 4 nitrogen and oxygen atoms in total. The first kappa shape index (κ1) is 12.4. The smallest absolute Gasteiger partial charge is 0.0950 e. The number of rotatable bonds is 3. The summed E-state index contributed by atoms with van der Waals surface area (Å²) in [6.07, 6.45) is 5.51. The Balaban J connectivity index is 1.82. The number of anilines is 1. The van der Waals surface area contributed by atoms with E-state index < -0.39 is 0 Å².